The molecule has 1 saturated carbocycles. The summed E-state index contributed by atoms with van der Waals surface area (Å²) >= 11 is 0. The first-order valence-electron chi connectivity index (χ1n) is 8.59. The van der Waals surface area contributed by atoms with Gasteiger partial charge in [-0.25, -0.2) is 5.43 Å². The number of nitrogens with one attached hydrogen (secondary N) is 2. The minimum absolute atomic E-state index is 0.129. The third kappa shape index (κ3) is 5.85. The first-order chi connectivity index (χ1) is 11.7. The summed E-state index contributed by atoms with van der Waals surface area (Å²) in [5.74, 6) is 1.21. The molecule has 6 nitrogen and oxygen atoms in total. The maximum absolute atomic E-state index is 11.8. The lowest BCUT2D eigenvalue weighted by atomic mass is 9.95. The Hall–Kier alpha value is -2.08. The number of ether oxygens (including phenoxy) is 2. The largest absolute Gasteiger partial charge is 0.493 e. The zero-order valence-corrected chi connectivity index (χ0v) is 14.5. The van der Waals surface area contributed by atoms with E-state index in [9.17, 15) is 4.79 Å². The number of hydrogen-bond donors (Lipinski definition) is 2. The molecule has 0 aliphatic heterocycles. The van der Waals surface area contributed by atoms with Crippen LogP contribution in [0.2, 0.25) is 0 Å². The number of hydrogen-bond acceptors (Lipinski definition) is 5. The summed E-state index contributed by atoms with van der Waals surface area (Å²) < 4.78 is 10.8. The van der Waals surface area contributed by atoms with Gasteiger partial charge in [0, 0.05) is 6.04 Å². The second kappa shape index (κ2) is 9.93. The molecule has 24 heavy (non-hydrogen) atoms. The number of amides is 1. The van der Waals surface area contributed by atoms with Crippen molar-refractivity contribution < 1.29 is 14.3 Å². The summed E-state index contributed by atoms with van der Waals surface area (Å²) in [6, 6.07) is 5.97. The fourth-order valence-corrected chi connectivity index (χ4v) is 2.80. The van der Waals surface area contributed by atoms with E-state index in [1.54, 1.807) is 13.3 Å². The monoisotopic (exact) mass is 333 g/mol. The molecule has 0 spiro atoms. The maximum atomic E-state index is 11.8. The Morgan fingerprint density at radius 3 is 2.79 bits per heavy atom. The van der Waals surface area contributed by atoms with Crippen LogP contribution in [0, 0.1) is 0 Å². The van der Waals surface area contributed by atoms with Gasteiger partial charge in [0.05, 0.1) is 26.5 Å². The fraction of sp³-hybridized carbons (Fsp3) is 0.556. The van der Waals surface area contributed by atoms with Crippen molar-refractivity contribution in [3.8, 4) is 11.5 Å². The van der Waals surface area contributed by atoms with Crippen molar-refractivity contribution in [2.75, 3.05) is 20.3 Å². The van der Waals surface area contributed by atoms with Crippen molar-refractivity contribution >= 4 is 12.1 Å². The van der Waals surface area contributed by atoms with Crippen molar-refractivity contribution in [3.05, 3.63) is 23.8 Å². The molecule has 0 heterocycles. The average Bonchev–Trinajstić information content (AvgIpc) is 2.61. The standard InChI is InChI=1S/C18H27N3O3/c1-3-24-17-11-14(9-10-16(17)23-2)12-20-21-18(22)13-19-15-7-5-4-6-8-15/h9-12,15,19H,3-8,13H2,1-2H3,(H,21,22)/b20-12-. The molecule has 1 aliphatic carbocycles. The number of benzene rings is 1. The molecule has 2 rings (SSSR count). The van der Waals surface area contributed by atoms with E-state index in [0.29, 0.717) is 30.7 Å². The number of carbonyl (C=O) groups is 1. The van der Waals surface area contributed by atoms with Gasteiger partial charge in [-0.05, 0) is 43.5 Å². The molecule has 0 bridgehead atoms. The summed E-state index contributed by atoms with van der Waals surface area (Å²) in [5.41, 5.74) is 3.38. The van der Waals surface area contributed by atoms with E-state index in [4.69, 9.17) is 9.47 Å². The van der Waals surface area contributed by atoms with E-state index in [2.05, 4.69) is 15.8 Å². The number of nitrogens with zero attached hydrogens (tertiary/aromatic N) is 1. The lowest BCUT2D eigenvalue weighted by Crippen LogP contribution is -2.38. The molecule has 1 aromatic carbocycles. The van der Waals surface area contributed by atoms with Gasteiger partial charge in [0.25, 0.3) is 5.91 Å². The van der Waals surface area contributed by atoms with Gasteiger partial charge in [-0.1, -0.05) is 19.3 Å². The first-order valence-corrected chi connectivity index (χ1v) is 8.59. The lowest BCUT2D eigenvalue weighted by Gasteiger charge is -2.22. The molecule has 1 aromatic rings. The minimum atomic E-state index is -0.129. The predicted octanol–water partition coefficient (Wildman–Crippen LogP) is 2.47. The topological polar surface area (TPSA) is 72.0 Å². The van der Waals surface area contributed by atoms with Crippen LogP contribution < -0.4 is 20.2 Å². The predicted molar refractivity (Wildman–Crippen MR) is 94.8 cm³/mol. The maximum Gasteiger partial charge on any atom is 0.254 e. The van der Waals surface area contributed by atoms with Crippen LogP contribution in [0.3, 0.4) is 0 Å². The molecule has 0 atom stereocenters. The summed E-state index contributed by atoms with van der Waals surface area (Å²) in [5, 5.41) is 7.29. The average molecular weight is 333 g/mol. The van der Waals surface area contributed by atoms with Gasteiger partial charge in [0.1, 0.15) is 0 Å². The van der Waals surface area contributed by atoms with E-state index < -0.39 is 0 Å². The number of hydrazone groups is 1. The normalized spacial score (nSPS) is 15.4. The van der Waals surface area contributed by atoms with Crippen LogP contribution in [-0.2, 0) is 4.79 Å². The van der Waals surface area contributed by atoms with Crippen LogP contribution in [0.1, 0.15) is 44.6 Å². The zero-order valence-electron chi connectivity index (χ0n) is 14.5. The van der Waals surface area contributed by atoms with Gasteiger partial charge in [-0.3, -0.25) is 4.79 Å². The number of rotatable bonds is 8. The molecule has 6 heteroatoms. The lowest BCUT2D eigenvalue weighted by molar-refractivity contribution is -0.120. The van der Waals surface area contributed by atoms with E-state index in [1.807, 2.05) is 25.1 Å². The van der Waals surface area contributed by atoms with Crippen molar-refractivity contribution in [3.63, 3.8) is 0 Å². The minimum Gasteiger partial charge on any atom is -0.493 e. The number of carbonyl (C=O) groups excluding carboxylic acids is 1. The smallest absolute Gasteiger partial charge is 0.254 e. The van der Waals surface area contributed by atoms with E-state index in [-0.39, 0.29) is 5.91 Å². The van der Waals surface area contributed by atoms with Crippen LogP contribution in [0.15, 0.2) is 23.3 Å². The molecule has 1 fully saturated rings. The highest BCUT2D eigenvalue weighted by Crippen LogP contribution is 2.27. The Bertz CT molecular complexity index is 554. The van der Waals surface area contributed by atoms with Crippen molar-refractivity contribution in [2.45, 2.75) is 45.1 Å². The van der Waals surface area contributed by atoms with Gasteiger partial charge in [-0.15, -0.1) is 0 Å². The Morgan fingerprint density at radius 2 is 2.08 bits per heavy atom. The highest BCUT2D eigenvalue weighted by atomic mass is 16.5. The van der Waals surface area contributed by atoms with E-state index in [1.165, 1.54) is 19.3 Å². The second-order valence-corrected chi connectivity index (χ2v) is 5.85. The molecule has 1 amide bonds. The van der Waals surface area contributed by atoms with Crippen LogP contribution in [-0.4, -0.2) is 38.4 Å². The third-order valence-electron chi connectivity index (χ3n) is 4.05. The van der Waals surface area contributed by atoms with Gasteiger partial charge in [0.15, 0.2) is 11.5 Å². The highest BCUT2D eigenvalue weighted by molar-refractivity contribution is 5.83. The third-order valence-corrected chi connectivity index (χ3v) is 4.05. The van der Waals surface area contributed by atoms with Gasteiger partial charge < -0.3 is 14.8 Å². The van der Waals surface area contributed by atoms with E-state index >= 15 is 0 Å². The highest BCUT2D eigenvalue weighted by Gasteiger charge is 2.13. The summed E-state index contributed by atoms with van der Waals surface area (Å²) in [7, 11) is 1.60. The molecule has 1 aliphatic rings. The van der Waals surface area contributed by atoms with E-state index in [0.717, 1.165) is 18.4 Å². The summed E-state index contributed by atoms with van der Waals surface area (Å²) in [6.45, 7) is 2.77. The molecule has 0 radical (unpaired) electrons. The van der Waals surface area contributed by atoms with Crippen molar-refractivity contribution in [1.29, 1.82) is 0 Å². The summed E-state index contributed by atoms with van der Waals surface area (Å²) in [4.78, 5) is 11.8. The van der Waals surface area contributed by atoms with Crippen LogP contribution in [0.5, 0.6) is 11.5 Å². The van der Waals surface area contributed by atoms with Gasteiger partial charge in [0.2, 0.25) is 0 Å². The Balaban J connectivity index is 1.79. The molecular weight excluding hydrogens is 306 g/mol. The van der Waals surface area contributed by atoms with Crippen LogP contribution in [0.25, 0.3) is 0 Å². The molecule has 0 saturated heterocycles. The Kier molecular flexibility index (Phi) is 7.55. The second-order valence-electron chi connectivity index (χ2n) is 5.85. The summed E-state index contributed by atoms with van der Waals surface area (Å²) in [6.07, 6.45) is 7.71. The zero-order chi connectivity index (χ0) is 17.2. The molecule has 132 valence electrons. The first kappa shape index (κ1) is 18.3. The SMILES string of the molecule is CCOc1cc(/C=N\NC(=O)CNC2CCCCC2)ccc1OC. The quantitative estimate of drug-likeness (QED) is 0.566. The van der Waals surface area contributed by atoms with Crippen molar-refractivity contribution in [2.24, 2.45) is 5.10 Å². The Morgan fingerprint density at radius 1 is 1.29 bits per heavy atom. The molecule has 0 unspecified atom stereocenters. The van der Waals surface area contributed by atoms with Crippen LogP contribution >= 0.6 is 0 Å². The Labute approximate surface area is 143 Å². The molecule has 0 aromatic heterocycles. The molecule has 2 N–H and O–H groups in total. The number of methoxy groups -OCH3 is 1. The van der Waals surface area contributed by atoms with Crippen molar-refractivity contribution in [1.82, 2.24) is 10.7 Å². The fourth-order valence-electron chi connectivity index (χ4n) is 2.80. The molecular formula is C18H27N3O3. The van der Waals surface area contributed by atoms with Gasteiger partial charge in [-0.2, -0.15) is 5.10 Å². The van der Waals surface area contributed by atoms with Crippen LogP contribution in [0.4, 0.5) is 0 Å². The van der Waals surface area contributed by atoms with Gasteiger partial charge >= 0.3 is 0 Å².